The Labute approximate surface area is 95.6 Å². The summed E-state index contributed by atoms with van der Waals surface area (Å²) in [5.41, 5.74) is 0. The molecule has 0 aromatic carbocycles. The van der Waals surface area contributed by atoms with Gasteiger partial charge in [0.05, 0.1) is 25.9 Å². The fraction of sp³-hybridized carbons (Fsp3) is 1.00. The van der Waals surface area contributed by atoms with E-state index < -0.39 is 5.79 Å². The van der Waals surface area contributed by atoms with Crippen molar-refractivity contribution in [2.45, 2.75) is 37.6 Å². The third-order valence-electron chi connectivity index (χ3n) is 4.49. The van der Waals surface area contributed by atoms with Crippen LogP contribution in [0.4, 0.5) is 0 Å². The molecule has 4 atom stereocenters. The topological polar surface area (TPSA) is 58.9 Å². The van der Waals surface area contributed by atoms with Crippen molar-refractivity contribution in [3.05, 3.63) is 0 Å². The first kappa shape index (κ1) is 11.0. The van der Waals surface area contributed by atoms with E-state index in [1.165, 1.54) is 0 Å². The van der Waals surface area contributed by atoms with Crippen LogP contribution in [0.15, 0.2) is 0 Å². The second kappa shape index (κ2) is 3.95. The van der Waals surface area contributed by atoms with E-state index in [4.69, 9.17) is 9.47 Å². The molecule has 1 spiro atoms. The van der Waals surface area contributed by atoms with E-state index in [2.05, 4.69) is 0 Å². The zero-order chi connectivity index (χ0) is 11.2. The number of hydrogen-bond acceptors (Lipinski definition) is 4. The van der Waals surface area contributed by atoms with Gasteiger partial charge in [-0.25, -0.2) is 0 Å². The van der Waals surface area contributed by atoms with Crippen molar-refractivity contribution in [1.29, 1.82) is 0 Å². The molecule has 1 saturated heterocycles. The molecule has 3 fully saturated rings. The molecule has 0 aromatic heterocycles. The van der Waals surface area contributed by atoms with Gasteiger partial charge in [0, 0.05) is 11.8 Å². The molecule has 2 aliphatic carbocycles. The smallest absolute Gasteiger partial charge is 0.176 e. The van der Waals surface area contributed by atoms with Gasteiger partial charge in [-0.3, -0.25) is 0 Å². The number of aliphatic hydroxyl groups excluding tert-OH is 2. The predicted octanol–water partition coefficient (Wildman–Crippen LogP) is 0.519. The molecule has 16 heavy (non-hydrogen) atoms. The summed E-state index contributed by atoms with van der Waals surface area (Å²) in [6, 6.07) is 0. The first-order valence-corrected chi connectivity index (χ1v) is 6.31. The van der Waals surface area contributed by atoms with Gasteiger partial charge in [0.15, 0.2) is 5.79 Å². The number of fused-ring (bicyclic) bond motifs is 3. The van der Waals surface area contributed by atoms with Gasteiger partial charge in [0.1, 0.15) is 0 Å². The number of rotatable bonds is 1. The molecule has 4 nitrogen and oxygen atoms in total. The van der Waals surface area contributed by atoms with Crippen molar-refractivity contribution >= 4 is 0 Å². The van der Waals surface area contributed by atoms with Gasteiger partial charge in [0.25, 0.3) is 0 Å². The van der Waals surface area contributed by atoms with Crippen LogP contribution in [0.2, 0.25) is 0 Å². The van der Waals surface area contributed by atoms with Gasteiger partial charge >= 0.3 is 0 Å². The highest BCUT2D eigenvalue weighted by molar-refractivity contribution is 4.99. The SMILES string of the molecule is OCC1CC2CC(O)CC(C2)C12OCCO2. The Kier molecular flexibility index (Phi) is 2.70. The lowest BCUT2D eigenvalue weighted by molar-refractivity contribution is -0.272. The molecule has 3 rings (SSSR count). The lowest BCUT2D eigenvalue weighted by atomic mass is 9.63. The Balaban J connectivity index is 1.87. The van der Waals surface area contributed by atoms with Crippen LogP contribution in [-0.2, 0) is 9.47 Å². The molecule has 0 amide bonds. The van der Waals surface area contributed by atoms with Gasteiger partial charge < -0.3 is 19.7 Å². The van der Waals surface area contributed by atoms with Crippen LogP contribution in [0, 0.1) is 17.8 Å². The Hall–Kier alpha value is -0.160. The maximum atomic E-state index is 9.84. The van der Waals surface area contributed by atoms with Gasteiger partial charge in [-0.05, 0) is 31.6 Å². The second-order valence-electron chi connectivity index (χ2n) is 5.46. The van der Waals surface area contributed by atoms with Crippen LogP contribution in [0.5, 0.6) is 0 Å². The van der Waals surface area contributed by atoms with Crippen molar-refractivity contribution in [2.75, 3.05) is 19.8 Å². The highest BCUT2D eigenvalue weighted by Gasteiger charge is 2.56. The molecular weight excluding hydrogens is 208 g/mol. The van der Waals surface area contributed by atoms with Crippen molar-refractivity contribution in [1.82, 2.24) is 0 Å². The number of ether oxygens (including phenoxy) is 2. The Morgan fingerprint density at radius 3 is 2.50 bits per heavy atom. The quantitative estimate of drug-likeness (QED) is 0.687. The molecule has 3 aliphatic rings. The van der Waals surface area contributed by atoms with Crippen LogP contribution in [0.25, 0.3) is 0 Å². The van der Waals surface area contributed by atoms with Crippen LogP contribution in [-0.4, -0.2) is 41.9 Å². The summed E-state index contributed by atoms with van der Waals surface area (Å²) in [6.07, 6.45) is 3.42. The Morgan fingerprint density at radius 1 is 1.06 bits per heavy atom. The molecule has 4 unspecified atom stereocenters. The highest BCUT2D eigenvalue weighted by atomic mass is 16.7. The fourth-order valence-electron chi connectivity index (χ4n) is 3.94. The third-order valence-corrected chi connectivity index (χ3v) is 4.49. The van der Waals surface area contributed by atoms with E-state index in [9.17, 15) is 10.2 Å². The van der Waals surface area contributed by atoms with Crippen molar-refractivity contribution in [3.8, 4) is 0 Å². The summed E-state index contributed by atoms with van der Waals surface area (Å²) in [4.78, 5) is 0. The largest absolute Gasteiger partial charge is 0.396 e. The van der Waals surface area contributed by atoms with E-state index in [1.54, 1.807) is 0 Å². The lowest BCUT2D eigenvalue weighted by Gasteiger charge is -2.51. The number of hydrogen-bond donors (Lipinski definition) is 2. The summed E-state index contributed by atoms with van der Waals surface area (Å²) in [5.74, 6) is 0.289. The van der Waals surface area contributed by atoms with Crippen LogP contribution in [0.3, 0.4) is 0 Å². The molecule has 2 N–H and O–H groups in total. The monoisotopic (exact) mass is 228 g/mol. The van der Waals surface area contributed by atoms with E-state index in [1.807, 2.05) is 0 Å². The van der Waals surface area contributed by atoms with Gasteiger partial charge in [-0.15, -0.1) is 0 Å². The summed E-state index contributed by atoms with van der Waals surface area (Å²) >= 11 is 0. The minimum Gasteiger partial charge on any atom is -0.396 e. The van der Waals surface area contributed by atoms with E-state index in [0.717, 1.165) is 25.7 Å². The van der Waals surface area contributed by atoms with E-state index in [-0.39, 0.29) is 24.5 Å². The molecule has 0 radical (unpaired) electrons. The molecule has 2 bridgehead atoms. The second-order valence-corrected chi connectivity index (χ2v) is 5.46. The zero-order valence-corrected chi connectivity index (χ0v) is 9.47. The maximum Gasteiger partial charge on any atom is 0.176 e. The molecule has 92 valence electrons. The minimum absolute atomic E-state index is 0.0891. The van der Waals surface area contributed by atoms with Gasteiger partial charge in [-0.1, -0.05) is 0 Å². The Morgan fingerprint density at radius 2 is 1.81 bits per heavy atom. The summed E-state index contributed by atoms with van der Waals surface area (Å²) in [5, 5.41) is 19.4. The summed E-state index contributed by atoms with van der Waals surface area (Å²) in [6.45, 7) is 1.37. The number of aliphatic hydroxyl groups is 2. The maximum absolute atomic E-state index is 9.84. The standard InChI is InChI=1S/C12H20O4/c13-7-10-4-8-3-9(6-11(14)5-8)12(10)15-1-2-16-12/h8-11,13-14H,1-7H2. The summed E-state index contributed by atoms with van der Waals surface area (Å²) < 4.78 is 11.7. The first-order valence-electron chi connectivity index (χ1n) is 6.31. The highest BCUT2D eigenvalue weighted by Crippen LogP contribution is 2.52. The summed E-state index contributed by atoms with van der Waals surface area (Å²) in [7, 11) is 0. The first-order chi connectivity index (χ1) is 7.74. The normalized spacial score (nSPS) is 46.1. The average Bonchev–Trinajstić information content (AvgIpc) is 2.74. The predicted molar refractivity (Wildman–Crippen MR) is 56.7 cm³/mol. The third kappa shape index (κ3) is 1.51. The van der Waals surface area contributed by atoms with Crippen LogP contribution >= 0.6 is 0 Å². The molecular formula is C12H20O4. The molecule has 2 saturated carbocycles. The van der Waals surface area contributed by atoms with Crippen LogP contribution in [0.1, 0.15) is 25.7 Å². The minimum atomic E-state index is -0.591. The molecule has 1 heterocycles. The molecule has 0 aromatic rings. The van der Waals surface area contributed by atoms with Gasteiger partial charge in [0.2, 0.25) is 0 Å². The fourth-order valence-corrected chi connectivity index (χ4v) is 3.94. The van der Waals surface area contributed by atoms with Crippen molar-refractivity contribution in [3.63, 3.8) is 0 Å². The van der Waals surface area contributed by atoms with Crippen molar-refractivity contribution in [2.24, 2.45) is 17.8 Å². The average molecular weight is 228 g/mol. The van der Waals surface area contributed by atoms with Crippen LogP contribution < -0.4 is 0 Å². The van der Waals surface area contributed by atoms with Gasteiger partial charge in [-0.2, -0.15) is 0 Å². The zero-order valence-electron chi connectivity index (χ0n) is 9.47. The van der Waals surface area contributed by atoms with E-state index in [0.29, 0.717) is 19.1 Å². The van der Waals surface area contributed by atoms with E-state index >= 15 is 0 Å². The molecule has 4 heteroatoms. The van der Waals surface area contributed by atoms with Crippen molar-refractivity contribution < 1.29 is 19.7 Å². The lowest BCUT2D eigenvalue weighted by Crippen LogP contribution is -2.55. The molecule has 1 aliphatic heterocycles. The Bertz CT molecular complexity index is 260.